The Kier molecular flexibility index (Phi) is 16.9. The first-order valence-corrected chi connectivity index (χ1v) is 10.7. The van der Waals surface area contributed by atoms with Crippen LogP contribution < -0.4 is 0 Å². The van der Waals surface area contributed by atoms with Crippen molar-refractivity contribution in [2.24, 2.45) is 17.8 Å². The fourth-order valence-electron chi connectivity index (χ4n) is 3.77. The van der Waals surface area contributed by atoms with Gasteiger partial charge in [-0.1, -0.05) is 85.5 Å². The van der Waals surface area contributed by atoms with Crippen molar-refractivity contribution in [1.82, 2.24) is 0 Å². The van der Waals surface area contributed by atoms with Crippen LogP contribution in [0.2, 0.25) is 0 Å². The third kappa shape index (κ3) is 12.8. The molecule has 0 rings (SSSR count). The molecule has 0 aliphatic rings. The first-order valence-electron chi connectivity index (χ1n) is 10.7. The van der Waals surface area contributed by atoms with Crippen molar-refractivity contribution in [2.45, 2.75) is 105 Å². The van der Waals surface area contributed by atoms with Crippen LogP contribution in [0, 0.1) is 29.1 Å². The molecule has 2 heteroatoms. The Morgan fingerprint density at radius 2 is 1.29 bits per heavy atom. The Hall–Kier alpha value is -0.550. The summed E-state index contributed by atoms with van der Waals surface area (Å²) in [6.45, 7) is 10.7. The van der Waals surface area contributed by atoms with Crippen LogP contribution in [-0.2, 0) is 4.74 Å². The summed E-state index contributed by atoms with van der Waals surface area (Å²) >= 11 is 0. The summed E-state index contributed by atoms with van der Waals surface area (Å²) in [6, 6.07) is 2.17. The highest BCUT2D eigenvalue weighted by Gasteiger charge is 2.14. The van der Waals surface area contributed by atoms with E-state index in [4.69, 9.17) is 10.00 Å². The lowest BCUT2D eigenvalue weighted by molar-refractivity contribution is 0.0924. The summed E-state index contributed by atoms with van der Waals surface area (Å²) in [5, 5.41) is 8.65. The lowest BCUT2D eigenvalue weighted by atomic mass is 9.87. The number of hydrogen-bond acceptors (Lipinski definition) is 2. The monoisotopic (exact) mass is 337 g/mol. The zero-order chi connectivity index (χ0) is 18.0. The molecule has 0 amide bonds. The van der Waals surface area contributed by atoms with Crippen LogP contribution >= 0.6 is 0 Å². The molecule has 0 radical (unpaired) electrons. The van der Waals surface area contributed by atoms with Gasteiger partial charge >= 0.3 is 0 Å². The zero-order valence-electron chi connectivity index (χ0n) is 17.0. The first-order chi connectivity index (χ1) is 11.7. The second-order valence-corrected chi connectivity index (χ2v) is 7.48. The Morgan fingerprint density at radius 3 is 1.83 bits per heavy atom. The van der Waals surface area contributed by atoms with Crippen LogP contribution in [0.15, 0.2) is 0 Å². The second kappa shape index (κ2) is 17.3. The number of hydrogen-bond donors (Lipinski definition) is 0. The minimum atomic E-state index is 0.522. The highest BCUT2D eigenvalue weighted by molar-refractivity contribution is 4.69. The average Bonchev–Trinajstić information content (AvgIpc) is 2.60. The van der Waals surface area contributed by atoms with Crippen LogP contribution in [0.4, 0.5) is 0 Å². The van der Waals surface area contributed by atoms with Gasteiger partial charge in [0.2, 0.25) is 0 Å². The molecule has 0 aliphatic carbocycles. The molecule has 3 unspecified atom stereocenters. The molecule has 2 nitrogen and oxygen atoms in total. The van der Waals surface area contributed by atoms with E-state index < -0.39 is 0 Å². The van der Waals surface area contributed by atoms with Crippen molar-refractivity contribution >= 4 is 0 Å². The molecular weight excluding hydrogens is 294 g/mol. The van der Waals surface area contributed by atoms with Crippen LogP contribution in [0.3, 0.4) is 0 Å². The van der Waals surface area contributed by atoms with Crippen LogP contribution in [-0.4, -0.2) is 13.2 Å². The van der Waals surface area contributed by atoms with Gasteiger partial charge in [-0.15, -0.1) is 0 Å². The molecule has 142 valence electrons. The highest BCUT2D eigenvalue weighted by atomic mass is 16.5. The lowest BCUT2D eigenvalue weighted by Gasteiger charge is -2.21. The maximum Gasteiger partial charge on any atom is 0.0645 e. The van der Waals surface area contributed by atoms with Gasteiger partial charge < -0.3 is 4.74 Å². The van der Waals surface area contributed by atoms with Crippen molar-refractivity contribution < 1.29 is 4.74 Å². The van der Waals surface area contributed by atoms with Crippen LogP contribution in [0.25, 0.3) is 0 Å². The van der Waals surface area contributed by atoms with Gasteiger partial charge in [0.1, 0.15) is 0 Å². The van der Waals surface area contributed by atoms with Gasteiger partial charge in [0.25, 0.3) is 0 Å². The Balaban J connectivity index is 4.22. The van der Waals surface area contributed by atoms with Gasteiger partial charge in [-0.3, -0.25) is 0 Å². The smallest absolute Gasteiger partial charge is 0.0645 e. The SMILES string of the molecule is CCCC(CC)CCCC(CCC(CC)CCC)COCCC#N. The number of nitrogens with zero attached hydrogens (tertiary/aromatic N) is 1. The zero-order valence-corrected chi connectivity index (χ0v) is 17.0. The van der Waals surface area contributed by atoms with E-state index in [9.17, 15) is 0 Å². The number of rotatable bonds is 17. The van der Waals surface area contributed by atoms with E-state index in [0.717, 1.165) is 18.4 Å². The molecule has 3 atom stereocenters. The standard InChI is InChI=1S/C22H43NO/c1-5-11-20(7-3)13-9-14-22(19-24-18-10-17-23)16-15-21(8-4)12-6-2/h20-22H,5-16,18-19H2,1-4H3. The van der Waals surface area contributed by atoms with Gasteiger partial charge in [0.15, 0.2) is 0 Å². The largest absolute Gasteiger partial charge is 0.380 e. The van der Waals surface area contributed by atoms with Crippen molar-refractivity contribution in [1.29, 1.82) is 5.26 Å². The molecule has 0 saturated heterocycles. The van der Waals surface area contributed by atoms with Crippen molar-refractivity contribution in [2.75, 3.05) is 13.2 Å². The van der Waals surface area contributed by atoms with Gasteiger partial charge in [-0.2, -0.15) is 5.26 Å². The third-order valence-electron chi connectivity index (χ3n) is 5.47. The predicted octanol–water partition coefficient (Wildman–Crippen LogP) is 7.14. The van der Waals surface area contributed by atoms with Gasteiger partial charge in [0, 0.05) is 6.61 Å². The summed E-state index contributed by atoms with van der Waals surface area (Å²) in [5.74, 6) is 2.49. The molecule has 0 aliphatic heterocycles. The summed E-state index contributed by atoms with van der Waals surface area (Å²) in [5.41, 5.74) is 0. The van der Waals surface area contributed by atoms with Gasteiger partial charge in [-0.25, -0.2) is 0 Å². The van der Waals surface area contributed by atoms with Gasteiger partial charge in [0.05, 0.1) is 19.1 Å². The normalized spacial score (nSPS) is 15.0. The molecular formula is C22H43NO. The number of nitriles is 1. The lowest BCUT2D eigenvalue weighted by Crippen LogP contribution is -2.13. The van der Waals surface area contributed by atoms with Crippen molar-refractivity contribution in [3.63, 3.8) is 0 Å². The predicted molar refractivity (Wildman–Crippen MR) is 105 cm³/mol. The molecule has 0 heterocycles. The Bertz CT molecular complexity index is 297. The summed E-state index contributed by atoms with van der Waals surface area (Å²) in [6.07, 6.45) is 15.2. The minimum absolute atomic E-state index is 0.522. The third-order valence-corrected chi connectivity index (χ3v) is 5.47. The summed E-state index contributed by atoms with van der Waals surface area (Å²) < 4.78 is 5.77. The molecule has 24 heavy (non-hydrogen) atoms. The van der Waals surface area contributed by atoms with E-state index in [2.05, 4.69) is 33.8 Å². The van der Waals surface area contributed by atoms with E-state index in [0.29, 0.717) is 18.9 Å². The average molecular weight is 338 g/mol. The maximum absolute atomic E-state index is 8.65. The molecule has 0 fully saturated rings. The fourth-order valence-corrected chi connectivity index (χ4v) is 3.77. The Morgan fingerprint density at radius 1 is 0.750 bits per heavy atom. The quantitative estimate of drug-likeness (QED) is 0.264. The summed E-state index contributed by atoms with van der Waals surface area (Å²) in [4.78, 5) is 0. The molecule has 0 aromatic rings. The Labute approximate surface area is 152 Å². The molecule has 0 aromatic heterocycles. The first kappa shape index (κ1) is 23.4. The van der Waals surface area contributed by atoms with Crippen LogP contribution in [0.5, 0.6) is 0 Å². The topological polar surface area (TPSA) is 33.0 Å². The maximum atomic E-state index is 8.65. The molecule has 0 saturated carbocycles. The van der Waals surface area contributed by atoms with Crippen molar-refractivity contribution in [3.8, 4) is 6.07 Å². The number of ether oxygens (including phenoxy) is 1. The van der Waals surface area contributed by atoms with Crippen LogP contribution in [0.1, 0.15) is 105 Å². The molecule has 0 spiro atoms. The molecule has 0 aromatic carbocycles. The fraction of sp³-hybridized carbons (Fsp3) is 0.955. The van der Waals surface area contributed by atoms with Crippen molar-refractivity contribution in [3.05, 3.63) is 0 Å². The summed E-state index contributed by atoms with van der Waals surface area (Å²) in [7, 11) is 0. The van der Waals surface area contributed by atoms with E-state index in [-0.39, 0.29) is 0 Å². The highest BCUT2D eigenvalue weighted by Crippen LogP contribution is 2.25. The molecule has 0 N–H and O–H groups in total. The minimum Gasteiger partial charge on any atom is -0.380 e. The second-order valence-electron chi connectivity index (χ2n) is 7.48. The van der Waals surface area contributed by atoms with Gasteiger partial charge in [-0.05, 0) is 30.6 Å². The van der Waals surface area contributed by atoms with E-state index in [1.807, 2.05) is 0 Å². The van der Waals surface area contributed by atoms with E-state index in [1.54, 1.807) is 0 Å². The van der Waals surface area contributed by atoms with E-state index >= 15 is 0 Å². The van der Waals surface area contributed by atoms with E-state index in [1.165, 1.54) is 70.6 Å². The molecule has 0 bridgehead atoms.